The minimum atomic E-state index is -0.396. The predicted molar refractivity (Wildman–Crippen MR) is 134 cm³/mol. The molecule has 0 radical (unpaired) electrons. The molecule has 184 valence electrons. The lowest BCUT2D eigenvalue weighted by atomic mass is 10.1. The number of rotatable bonds is 14. The van der Waals surface area contributed by atoms with Crippen LogP contribution in [0.3, 0.4) is 0 Å². The van der Waals surface area contributed by atoms with E-state index >= 15 is 0 Å². The highest BCUT2D eigenvalue weighted by molar-refractivity contribution is 5.65. The molecule has 0 aliphatic rings. The molecular weight excluding hydrogens is 430 g/mol. The van der Waals surface area contributed by atoms with E-state index < -0.39 is 6.10 Å². The summed E-state index contributed by atoms with van der Waals surface area (Å²) in [6.07, 6.45) is 2.45. The Hall–Kier alpha value is -2.87. The highest BCUT2D eigenvalue weighted by Gasteiger charge is 2.24. The monoisotopic (exact) mass is 467 g/mol. The van der Waals surface area contributed by atoms with E-state index in [9.17, 15) is 5.11 Å². The molecule has 0 spiro atoms. The number of unbranched alkanes of at least 4 members (excludes halogenated alkanes) is 1. The molecule has 0 saturated heterocycles. The number of aryl methyl sites for hydroxylation is 1. The summed E-state index contributed by atoms with van der Waals surface area (Å²) < 4.78 is 19.0. The maximum atomic E-state index is 10.6. The van der Waals surface area contributed by atoms with E-state index in [1.807, 2.05) is 61.6 Å². The van der Waals surface area contributed by atoms with E-state index in [1.54, 1.807) is 18.9 Å². The number of aromatic nitrogens is 2. The van der Waals surface area contributed by atoms with Gasteiger partial charge in [0.05, 0.1) is 25.4 Å². The second-order valence-electron chi connectivity index (χ2n) is 8.40. The Labute approximate surface area is 202 Å². The summed E-state index contributed by atoms with van der Waals surface area (Å²) >= 11 is 0. The van der Waals surface area contributed by atoms with Gasteiger partial charge >= 0.3 is 0 Å². The molecule has 1 unspecified atom stereocenters. The summed E-state index contributed by atoms with van der Waals surface area (Å²) in [7, 11) is 5.21. The van der Waals surface area contributed by atoms with Crippen molar-refractivity contribution < 1.29 is 19.3 Å². The summed E-state index contributed by atoms with van der Waals surface area (Å²) in [5.74, 6) is 1.93. The van der Waals surface area contributed by atoms with E-state index in [-0.39, 0.29) is 0 Å². The molecular formula is C27H37N3O4. The molecule has 0 aliphatic carbocycles. The average Bonchev–Trinajstić information content (AvgIpc) is 3.16. The smallest absolute Gasteiger partial charge is 0.222 e. The predicted octanol–water partition coefficient (Wildman–Crippen LogP) is 4.89. The molecule has 2 aromatic carbocycles. The average molecular weight is 468 g/mol. The maximum Gasteiger partial charge on any atom is 0.222 e. The zero-order chi connectivity index (χ0) is 24.3. The van der Waals surface area contributed by atoms with E-state index in [1.165, 1.54) is 0 Å². The molecule has 0 saturated carbocycles. The van der Waals surface area contributed by atoms with Crippen LogP contribution in [0.5, 0.6) is 17.4 Å². The molecule has 7 nitrogen and oxygen atoms in total. The molecule has 1 heterocycles. The summed E-state index contributed by atoms with van der Waals surface area (Å²) in [4.78, 5) is 2.21. The van der Waals surface area contributed by atoms with Crippen LogP contribution in [-0.4, -0.2) is 59.8 Å². The first-order chi connectivity index (χ1) is 16.6. The van der Waals surface area contributed by atoms with Crippen molar-refractivity contribution in [1.29, 1.82) is 0 Å². The number of ether oxygens (including phenoxy) is 3. The van der Waals surface area contributed by atoms with Crippen molar-refractivity contribution in [2.75, 3.05) is 33.9 Å². The van der Waals surface area contributed by atoms with Gasteiger partial charge in [-0.1, -0.05) is 62.2 Å². The Morgan fingerprint density at radius 3 is 2.41 bits per heavy atom. The third kappa shape index (κ3) is 6.82. The SMILES string of the molecule is CCCCC(O)CN(CCOC)Cc1c(-c2ccccc2)nn(C)c1Oc1ccccc1OC. The Bertz CT molecular complexity index is 1010. The van der Waals surface area contributed by atoms with Gasteiger partial charge in [-0.15, -0.1) is 0 Å². The fraction of sp³-hybridized carbons (Fsp3) is 0.444. The number of hydrogen-bond acceptors (Lipinski definition) is 6. The molecule has 34 heavy (non-hydrogen) atoms. The van der Waals surface area contributed by atoms with Gasteiger partial charge < -0.3 is 19.3 Å². The Morgan fingerprint density at radius 2 is 1.74 bits per heavy atom. The third-order valence-electron chi connectivity index (χ3n) is 5.76. The molecule has 1 N–H and O–H groups in total. The van der Waals surface area contributed by atoms with Gasteiger partial charge in [0, 0.05) is 39.4 Å². The van der Waals surface area contributed by atoms with Crippen LogP contribution in [0, 0.1) is 0 Å². The van der Waals surface area contributed by atoms with Gasteiger partial charge in [-0.05, 0) is 18.6 Å². The van der Waals surface area contributed by atoms with Crippen LogP contribution in [0.2, 0.25) is 0 Å². The summed E-state index contributed by atoms with van der Waals surface area (Å²) in [5.41, 5.74) is 2.83. The van der Waals surface area contributed by atoms with Gasteiger partial charge in [-0.2, -0.15) is 5.10 Å². The van der Waals surface area contributed by atoms with Crippen molar-refractivity contribution in [3.63, 3.8) is 0 Å². The van der Waals surface area contributed by atoms with E-state index in [2.05, 4.69) is 11.8 Å². The van der Waals surface area contributed by atoms with Crippen molar-refractivity contribution in [3.8, 4) is 28.6 Å². The fourth-order valence-electron chi connectivity index (χ4n) is 3.97. The quantitative estimate of drug-likeness (QED) is 0.364. The summed E-state index contributed by atoms with van der Waals surface area (Å²) in [5, 5.41) is 15.5. The van der Waals surface area contributed by atoms with Crippen LogP contribution in [0.25, 0.3) is 11.3 Å². The van der Waals surface area contributed by atoms with Crippen LogP contribution < -0.4 is 9.47 Å². The molecule has 3 rings (SSSR count). The first-order valence-electron chi connectivity index (χ1n) is 11.9. The largest absolute Gasteiger partial charge is 0.493 e. The zero-order valence-corrected chi connectivity index (χ0v) is 20.7. The maximum absolute atomic E-state index is 10.6. The van der Waals surface area contributed by atoms with Crippen LogP contribution >= 0.6 is 0 Å². The second-order valence-corrected chi connectivity index (χ2v) is 8.40. The first-order valence-corrected chi connectivity index (χ1v) is 11.9. The summed E-state index contributed by atoms with van der Waals surface area (Å²) in [6, 6.07) is 17.7. The molecule has 1 atom stereocenters. The number of benzene rings is 2. The van der Waals surface area contributed by atoms with Crippen LogP contribution in [0.4, 0.5) is 0 Å². The van der Waals surface area contributed by atoms with E-state index in [0.29, 0.717) is 43.6 Å². The number of aliphatic hydroxyl groups excluding tert-OH is 1. The normalized spacial score (nSPS) is 12.2. The summed E-state index contributed by atoms with van der Waals surface area (Å²) in [6.45, 7) is 4.52. The number of para-hydroxylation sites is 2. The van der Waals surface area contributed by atoms with Gasteiger partial charge in [-0.3, -0.25) is 4.90 Å². The molecule has 7 heteroatoms. The molecule has 0 fully saturated rings. The van der Waals surface area contributed by atoms with Crippen molar-refractivity contribution in [1.82, 2.24) is 14.7 Å². The molecule has 0 bridgehead atoms. The van der Waals surface area contributed by atoms with Crippen LogP contribution in [0.15, 0.2) is 54.6 Å². The van der Waals surface area contributed by atoms with Gasteiger partial charge in [0.25, 0.3) is 0 Å². The molecule has 0 aliphatic heterocycles. The van der Waals surface area contributed by atoms with Gasteiger partial charge in [0.2, 0.25) is 5.88 Å². The lowest BCUT2D eigenvalue weighted by Crippen LogP contribution is -2.34. The molecule has 3 aromatic rings. The lowest BCUT2D eigenvalue weighted by molar-refractivity contribution is 0.0788. The standard InChI is InChI=1S/C27H37N3O4/c1-5-6-14-22(31)19-30(17-18-32-3)20-23-26(21-12-8-7-9-13-21)28-29(2)27(23)34-25-16-11-10-15-24(25)33-4/h7-13,15-16,22,31H,5-6,14,17-20H2,1-4H3. The van der Waals surface area contributed by atoms with E-state index in [4.69, 9.17) is 19.3 Å². The van der Waals surface area contributed by atoms with Gasteiger partial charge in [0.1, 0.15) is 5.69 Å². The van der Waals surface area contributed by atoms with Gasteiger partial charge in [0.15, 0.2) is 11.5 Å². The third-order valence-corrected chi connectivity index (χ3v) is 5.76. The minimum Gasteiger partial charge on any atom is -0.493 e. The zero-order valence-electron chi connectivity index (χ0n) is 20.7. The second kappa shape index (κ2) is 13.1. The topological polar surface area (TPSA) is 69.0 Å². The van der Waals surface area contributed by atoms with Crippen LogP contribution in [-0.2, 0) is 18.3 Å². The highest BCUT2D eigenvalue weighted by Crippen LogP contribution is 2.37. The van der Waals surface area contributed by atoms with Crippen molar-refractivity contribution in [3.05, 3.63) is 60.2 Å². The van der Waals surface area contributed by atoms with Gasteiger partial charge in [-0.25, -0.2) is 4.68 Å². The van der Waals surface area contributed by atoms with E-state index in [0.717, 1.165) is 36.1 Å². The Balaban J connectivity index is 1.99. The highest BCUT2D eigenvalue weighted by atomic mass is 16.5. The number of methoxy groups -OCH3 is 2. The van der Waals surface area contributed by atoms with Crippen molar-refractivity contribution in [2.45, 2.75) is 38.8 Å². The molecule has 1 aromatic heterocycles. The van der Waals surface area contributed by atoms with Crippen molar-refractivity contribution in [2.24, 2.45) is 7.05 Å². The number of hydrogen-bond donors (Lipinski definition) is 1. The van der Waals surface area contributed by atoms with Crippen LogP contribution in [0.1, 0.15) is 31.7 Å². The van der Waals surface area contributed by atoms with Crippen molar-refractivity contribution >= 4 is 0 Å². The molecule has 0 amide bonds. The number of nitrogens with zero attached hydrogens (tertiary/aromatic N) is 3. The fourth-order valence-corrected chi connectivity index (χ4v) is 3.97. The minimum absolute atomic E-state index is 0.396. The first kappa shape index (κ1) is 25.7. The Kier molecular flexibility index (Phi) is 9.94. The Morgan fingerprint density at radius 1 is 1.03 bits per heavy atom. The lowest BCUT2D eigenvalue weighted by Gasteiger charge is -2.25. The number of aliphatic hydroxyl groups is 1.